The van der Waals surface area contributed by atoms with Crippen molar-refractivity contribution in [3.8, 4) is 0 Å². The van der Waals surface area contributed by atoms with Gasteiger partial charge in [-0.05, 0) is 12.1 Å². The van der Waals surface area contributed by atoms with Crippen molar-refractivity contribution >= 4 is 34.4 Å². The third-order valence-electron chi connectivity index (χ3n) is 5.83. The van der Waals surface area contributed by atoms with Crippen molar-refractivity contribution in [3.63, 3.8) is 0 Å². The van der Waals surface area contributed by atoms with E-state index >= 15 is 0 Å². The second-order valence-corrected chi connectivity index (χ2v) is 11.0. The van der Waals surface area contributed by atoms with Crippen LogP contribution in [0.2, 0.25) is 0 Å². The van der Waals surface area contributed by atoms with Crippen LogP contribution in [0.25, 0.3) is 0 Å². The number of carbonyl (C=O) groups is 1. The van der Waals surface area contributed by atoms with Crippen LogP contribution < -0.4 is 15.9 Å². The number of rotatable bonds is 6. The molecule has 0 bridgehead atoms. The Balaban J connectivity index is 1.85. The predicted molar refractivity (Wildman–Crippen MR) is 144 cm³/mol. The number of nitrogens with zero attached hydrogens (tertiary/aromatic N) is 1. The molecule has 0 aliphatic heterocycles. The fourth-order valence-corrected chi connectivity index (χ4v) is 7.76. The Morgan fingerprint density at radius 1 is 0.471 bits per heavy atom. The molecule has 0 atom stereocenters. The molecular weight excluding hydrogens is 433 g/mol. The first-order valence-electron chi connectivity index (χ1n) is 11.3. The summed E-state index contributed by atoms with van der Waals surface area (Å²) in [5, 5.41) is 3.44. The molecule has 0 N–H and O–H groups in total. The van der Waals surface area contributed by atoms with E-state index in [4.69, 9.17) is 4.74 Å². The van der Waals surface area contributed by atoms with Crippen molar-refractivity contribution in [3.05, 3.63) is 157 Å². The van der Waals surface area contributed by atoms with Gasteiger partial charge in [-0.25, -0.2) is 0 Å². The molecule has 0 unspecified atom stereocenters. The first-order valence-corrected chi connectivity index (χ1v) is 13.0. The van der Waals surface area contributed by atoms with Gasteiger partial charge in [-0.15, -0.1) is 0 Å². The molecule has 5 rings (SSSR count). The summed E-state index contributed by atoms with van der Waals surface area (Å²) in [6, 6.07) is 48.5. The van der Waals surface area contributed by atoms with Crippen molar-refractivity contribution in [1.82, 2.24) is 0 Å². The van der Waals surface area contributed by atoms with Crippen molar-refractivity contribution in [2.45, 2.75) is 0 Å². The highest BCUT2D eigenvalue weighted by Crippen LogP contribution is 2.49. The third kappa shape index (κ3) is 4.17. The molecule has 0 saturated carbocycles. The highest BCUT2D eigenvalue weighted by molar-refractivity contribution is 7.87. The van der Waals surface area contributed by atoms with Crippen LogP contribution in [0, 0.1) is 0 Å². The van der Waals surface area contributed by atoms with Gasteiger partial charge in [0.2, 0.25) is 0 Å². The molecule has 5 aromatic rings. The lowest BCUT2D eigenvalue weighted by Crippen LogP contribution is -2.25. The second kappa shape index (κ2) is 9.87. The fraction of sp³-hybridized carbons (Fsp3) is 0. The average molecular weight is 458 g/mol. The van der Waals surface area contributed by atoms with E-state index in [-0.39, 0.29) is 5.78 Å². The van der Waals surface area contributed by atoms with Gasteiger partial charge in [0.1, 0.15) is 0 Å². The van der Waals surface area contributed by atoms with Gasteiger partial charge in [0, 0.05) is 27.0 Å². The Bertz CT molecular complexity index is 1340. The Morgan fingerprint density at radius 3 is 1.32 bits per heavy atom. The van der Waals surface area contributed by atoms with Crippen LogP contribution in [-0.2, 0) is 0 Å². The smallest absolute Gasteiger partial charge is 0.195 e. The Hall–Kier alpha value is -4.00. The lowest BCUT2D eigenvalue weighted by atomic mass is 10.0. The van der Waals surface area contributed by atoms with E-state index in [9.17, 15) is 4.79 Å². The maximum Gasteiger partial charge on any atom is 0.195 e. The number of hydrogen-bond acceptors (Lipinski definition) is 2. The standard InChI is InChI=1S/C31H24NOP/c33-31(25-15-5-1-6-16-25)29-23-13-14-24-30(29)32-34(26-17-7-2-8-18-26,27-19-9-3-10-20-27)28-21-11-4-12-22-28/h1-24H. The van der Waals surface area contributed by atoms with Gasteiger partial charge in [0.15, 0.2) is 5.78 Å². The summed E-state index contributed by atoms with van der Waals surface area (Å²) in [5.41, 5.74) is 1.98. The van der Waals surface area contributed by atoms with E-state index in [2.05, 4.69) is 72.8 Å². The van der Waals surface area contributed by atoms with E-state index in [1.165, 1.54) is 0 Å². The molecule has 164 valence electrons. The first-order chi connectivity index (χ1) is 16.8. The molecule has 34 heavy (non-hydrogen) atoms. The van der Waals surface area contributed by atoms with Gasteiger partial charge < -0.3 is 0 Å². The summed E-state index contributed by atoms with van der Waals surface area (Å²) in [6.45, 7) is 0. The number of carbonyl (C=O) groups excluding carboxylic acids is 1. The SMILES string of the molecule is O=C(c1ccccc1)c1ccccc1N=P(c1ccccc1)(c1ccccc1)c1ccccc1. The minimum absolute atomic E-state index is 0.0211. The third-order valence-corrected chi connectivity index (χ3v) is 9.48. The van der Waals surface area contributed by atoms with Gasteiger partial charge >= 0.3 is 0 Å². The molecule has 0 aliphatic rings. The highest BCUT2D eigenvalue weighted by Gasteiger charge is 2.28. The lowest BCUT2D eigenvalue weighted by molar-refractivity contribution is 0.103. The maximum atomic E-state index is 13.5. The summed E-state index contributed by atoms with van der Waals surface area (Å²) < 4.78 is 5.54. The lowest BCUT2D eigenvalue weighted by Gasteiger charge is -2.27. The molecule has 0 fully saturated rings. The highest BCUT2D eigenvalue weighted by atomic mass is 31.2. The average Bonchev–Trinajstić information content (AvgIpc) is 2.93. The van der Waals surface area contributed by atoms with E-state index in [1.54, 1.807) is 0 Å². The fourth-order valence-electron chi connectivity index (χ4n) is 4.21. The summed E-state index contributed by atoms with van der Waals surface area (Å²) in [5.74, 6) is -0.0211. The quantitative estimate of drug-likeness (QED) is 0.205. The van der Waals surface area contributed by atoms with Gasteiger partial charge in [-0.1, -0.05) is 133 Å². The van der Waals surface area contributed by atoms with Gasteiger partial charge in [0.25, 0.3) is 0 Å². The van der Waals surface area contributed by atoms with Crippen molar-refractivity contribution in [1.29, 1.82) is 0 Å². The molecule has 3 heteroatoms. The first kappa shape index (κ1) is 21.8. The van der Waals surface area contributed by atoms with Crippen LogP contribution >= 0.6 is 7.05 Å². The Labute approximate surface area is 200 Å². The zero-order valence-electron chi connectivity index (χ0n) is 18.7. The predicted octanol–water partition coefficient (Wildman–Crippen LogP) is 6.73. The minimum Gasteiger partial charge on any atom is -0.289 e. The summed E-state index contributed by atoms with van der Waals surface area (Å²) in [7, 11) is -2.46. The number of benzene rings is 5. The zero-order chi connectivity index (χ0) is 23.2. The molecule has 0 radical (unpaired) electrons. The van der Waals surface area contributed by atoms with Crippen LogP contribution in [0.1, 0.15) is 15.9 Å². The van der Waals surface area contributed by atoms with Crippen molar-refractivity contribution in [2.24, 2.45) is 4.74 Å². The van der Waals surface area contributed by atoms with Crippen LogP contribution in [0.3, 0.4) is 0 Å². The van der Waals surface area contributed by atoms with Crippen LogP contribution in [-0.4, -0.2) is 5.78 Å². The molecular formula is C31H24NOP. The van der Waals surface area contributed by atoms with E-state index < -0.39 is 7.05 Å². The van der Waals surface area contributed by atoms with E-state index in [0.29, 0.717) is 16.8 Å². The normalized spacial score (nSPS) is 11.1. The minimum atomic E-state index is -2.46. The largest absolute Gasteiger partial charge is 0.289 e. The Kier molecular flexibility index (Phi) is 6.33. The van der Waals surface area contributed by atoms with Crippen LogP contribution in [0.15, 0.2) is 150 Å². The van der Waals surface area contributed by atoms with E-state index in [1.807, 2.05) is 72.8 Å². The molecule has 2 nitrogen and oxygen atoms in total. The van der Waals surface area contributed by atoms with Gasteiger partial charge in [-0.2, -0.15) is 0 Å². The molecule has 0 aliphatic carbocycles. The molecule has 0 saturated heterocycles. The Morgan fingerprint density at radius 2 is 0.853 bits per heavy atom. The summed E-state index contributed by atoms with van der Waals surface area (Å²) >= 11 is 0. The maximum absolute atomic E-state index is 13.5. The van der Waals surface area contributed by atoms with Crippen molar-refractivity contribution in [2.75, 3.05) is 0 Å². The monoisotopic (exact) mass is 457 g/mol. The van der Waals surface area contributed by atoms with Crippen molar-refractivity contribution < 1.29 is 4.79 Å². The topological polar surface area (TPSA) is 29.4 Å². The van der Waals surface area contributed by atoms with Gasteiger partial charge in [-0.3, -0.25) is 9.54 Å². The summed E-state index contributed by atoms with van der Waals surface area (Å²) in [4.78, 5) is 13.5. The molecule has 0 spiro atoms. The van der Waals surface area contributed by atoms with Crippen LogP contribution in [0.4, 0.5) is 5.69 Å². The van der Waals surface area contributed by atoms with Crippen LogP contribution in [0.5, 0.6) is 0 Å². The molecule has 0 amide bonds. The summed E-state index contributed by atoms with van der Waals surface area (Å²) in [6.07, 6.45) is 0. The van der Waals surface area contributed by atoms with E-state index in [0.717, 1.165) is 15.9 Å². The van der Waals surface area contributed by atoms with Gasteiger partial charge in [0.05, 0.1) is 12.7 Å². The molecule has 0 heterocycles. The number of ketones is 1. The number of hydrogen-bond donors (Lipinski definition) is 0. The zero-order valence-corrected chi connectivity index (χ0v) is 19.6. The molecule has 5 aromatic carbocycles. The molecule has 0 aromatic heterocycles. The second-order valence-electron chi connectivity index (χ2n) is 7.95.